The normalized spacial score (nSPS) is 15.4. The van der Waals surface area contributed by atoms with Crippen molar-refractivity contribution in [3.8, 4) is 11.1 Å². The molecule has 2 heterocycles. The van der Waals surface area contributed by atoms with Crippen molar-refractivity contribution in [1.29, 1.82) is 0 Å². The lowest BCUT2D eigenvalue weighted by atomic mass is 10.0. The first-order valence-electron chi connectivity index (χ1n) is 9.25. The minimum Gasteiger partial charge on any atom is -0.361 e. The van der Waals surface area contributed by atoms with E-state index in [4.69, 9.17) is 4.52 Å². The van der Waals surface area contributed by atoms with E-state index in [0.29, 0.717) is 24.4 Å². The largest absolute Gasteiger partial charge is 0.361 e. The molecule has 3 aromatic rings. The SMILES string of the molecule is Cc1noc(C)c1-c1ccc(S(=O)(=O)N2CC=C(c3ccccc3)CC2)cc1. The van der Waals surface area contributed by atoms with Gasteiger partial charge in [-0.1, -0.05) is 53.7 Å². The van der Waals surface area contributed by atoms with Crippen LogP contribution in [0.2, 0.25) is 0 Å². The maximum atomic E-state index is 13.0. The van der Waals surface area contributed by atoms with Crippen LogP contribution in [0.4, 0.5) is 0 Å². The first kappa shape index (κ1) is 18.7. The molecule has 1 aliphatic heterocycles. The molecule has 0 fully saturated rings. The molecule has 0 saturated carbocycles. The molecular formula is C22H22N2O3S. The molecule has 5 nitrogen and oxygen atoms in total. The number of sulfonamides is 1. The van der Waals surface area contributed by atoms with E-state index >= 15 is 0 Å². The Morgan fingerprint density at radius 3 is 2.25 bits per heavy atom. The summed E-state index contributed by atoms with van der Waals surface area (Å²) >= 11 is 0. The van der Waals surface area contributed by atoms with E-state index in [-0.39, 0.29) is 0 Å². The molecule has 0 bridgehead atoms. The lowest BCUT2D eigenvalue weighted by molar-refractivity contribution is 0.393. The van der Waals surface area contributed by atoms with Crippen LogP contribution < -0.4 is 0 Å². The molecule has 0 saturated heterocycles. The van der Waals surface area contributed by atoms with Crippen molar-refractivity contribution in [2.24, 2.45) is 0 Å². The zero-order valence-electron chi connectivity index (χ0n) is 15.9. The summed E-state index contributed by atoms with van der Waals surface area (Å²) in [6.07, 6.45) is 2.72. The molecule has 0 atom stereocenters. The minimum absolute atomic E-state index is 0.305. The predicted molar refractivity (Wildman–Crippen MR) is 109 cm³/mol. The van der Waals surface area contributed by atoms with Gasteiger partial charge in [-0.25, -0.2) is 8.42 Å². The fraction of sp³-hybridized carbons (Fsp3) is 0.227. The highest BCUT2D eigenvalue weighted by molar-refractivity contribution is 7.89. The molecule has 4 rings (SSSR count). The van der Waals surface area contributed by atoms with Gasteiger partial charge in [0.15, 0.2) is 0 Å². The Labute approximate surface area is 165 Å². The highest BCUT2D eigenvalue weighted by atomic mass is 32.2. The average molecular weight is 394 g/mol. The van der Waals surface area contributed by atoms with Gasteiger partial charge >= 0.3 is 0 Å². The summed E-state index contributed by atoms with van der Waals surface area (Å²) in [6, 6.07) is 17.0. The van der Waals surface area contributed by atoms with Crippen molar-refractivity contribution in [3.63, 3.8) is 0 Å². The lowest BCUT2D eigenvalue weighted by Crippen LogP contribution is -2.34. The van der Waals surface area contributed by atoms with E-state index in [2.05, 4.69) is 17.3 Å². The molecule has 0 aliphatic carbocycles. The summed E-state index contributed by atoms with van der Waals surface area (Å²) in [7, 11) is -3.52. The Bertz CT molecular complexity index is 1090. The third-order valence-electron chi connectivity index (χ3n) is 5.13. The standard InChI is InChI=1S/C22H22N2O3S/c1-16-22(17(2)27-23-16)20-8-10-21(11-9-20)28(25,26)24-14-12-19(13-15-24)18-6-4-3-5-7-18/h3-12H,13-15H2,1-2H3. The zero-order valence-corrected chi connectivity index (χ0v) is 16.7. The van der Waals surface area contributed by atoms with E-state index in [9.17, 15) is 8.42 Å². The van der Waals surface area contributed by atoms with Gasteiger partial charge in [-0.2, -0.15) is 4.31 Å². The third kappa shape index (κ3) is 3.41. The van der Waals surface area contributed by atoms with E-state index in [1.54, 1.807) is 12.1 Å². The molecule has 0 radical (unpaired) electrons. The van der Waals surface area contributed by atoms with Crippen LogP contribution in [0.15, 0.2) is 70.1 Å². The van der Waals surface area contributed by atoms with Gasteiger partial charge in [0.2, 0.25) is 10.0 Å². The first-order chi connectivity index (χ1) is 13.5. The van der Waals surface area contributed by atoms with E-state index in [1.165, 1.54) is 9.88 Å². The number of aryl methyl sites for hydroxylation is 2. The van der Waals surface area contributed by atoms with Crippen LogP contribution in [0.5, 0.6) is 0 Å². The molecule has 1 aliphatic rings. The van der Waals surface area contributed by atoms with Crippen molar-refractivity contribution < 1.29 is 12.9 Å². The molecule has 28 heavy (non-hydrogen) atoms. The topological polar surface area (TPSA) is 63.4 Å². The van der Waals surface area contributed by atoms with Gasteiger partial charge in [-0.15, -0.1) is 0 Å². The predicted octanol–water partition coefficient (Wildman–Crippen LogP) is 4.44. The molecule has 0 spiro atoms. The molecular weight excluding hydrogens is 372 g/mol. The van der Waals surface area contributed by atoms with Gasteiger partial charge in [0.25, 0.3) is 0 Å². The van der Waals surface area contributed by atoms with Gasteiger partial charge in [0.1, 0.15) is 5.76 Å². The fourth-order valence-electron chi connectivity index (χ4n) is 3.62. The number of rotatable bonds is 4. The Hall–Kier alpha value is -2.70. The van der Waals surface area contributed by atoms with Crippen LogP contribution in [-0.2, 0) is 10.0 Å². The molecule has 1 aromatic heterocycles. The average Bonchev–Trinajstić information content (AvgIpc) is 3.07. The Balaban J connectivity index is 1.55. The first-order valence-corrected chi connectivity index (χ1v) is 10.7. The Morgan fingerprint density at radius 2 is 1.68 bits per heavy atom. The molecule has 0 unspecified atom stereocenters. The second-order valence-electron chi connectivity index (χ2n) is 6.93. The summed E-state index contributed by atoms with van der Waals surface area (Å²) in [5.74, 6) is 0.725. The van der Waals surface area contributed by atoms with Crippen LogP contribution >= 0.6 is 0 Å². The highest BCUT2D eigenvalue weighted by Gasteiger charge is 2.26. The van der Waals surface area contributed by atoms with Crippen LogP contribution in [0.3, 0.4) is 0 Å². The van der Waals surface area contributed by atoms with Gasteiger partial charge in [-0.3, -0.25) is 0 Å². The summed E-state index contributed by atoms with van der Waals surface area (Å²) < 4.78 is 32.8. The number of hydrogen-bond acceptors (Lipinski definition) is 4. The maximum Gasteiger partial charge on any atom is 0.243 e. The van der Waals surface area contributed by atoms with Gasteiger partial charge in [0, 0.05) is 18.7 Å². The minimum atomic E-state index is -3.52. The Kier molecular flexibility index (Phi) is 4.91. The molecule has 0 amide bonds. The Morgan fingerprint density at radius 1 is 0.964 bits per heavy atom. The monoisotopic (exact) mass is 394 g/mol. The second kappa shape index (κ2) is 7.37. The van der Waals surface area contributed by atoms with Crippen LogP contribution in [0.25, 0.3) is 16.7 Å². The zero-order chi connectivity index (χ0) is 19.7. The van der Waals surface area contributed by atoms with Crippen molar-refractivity contribution in [2.75, 3.05) is 13.1 Å². The highest BCUT2D eigenvalue weighted by Crippen LogP contribution is 2.30. The van der Waals surface area contributed by atoms with E-state index in [0.717, 1.165) is 28.1 Å². The maximum absolute atomic E-state index is 13.0. The van der Waals surface area contributed by atoms with Gasteiger partial charge < -0.3 is 4.52 Å². The summed E-state index contributed by atoms with van der Waals surface area (Å²) in [4.78, 5) is 0.305. The van der Waals surface area contributed by atoms with Gasteiger partial charge in [-0.05, 0) is 49.1 Å². The van der Waals surface area contributed by atoms with Crippen molar-refractivity contribution in [2.45, 2.75) is 25.2 Å². The molecule has 2 aromatic carbocycles. The smallest absolute Gasteiger partial charge is 0.243 e. The van der Waals surface area contributed by atoms with Crippen molar-refractivity contribution >= 4 is 15.6 Å². The summed E-state index contributed by atoms with van der Waals surface area (Å²) in [6.45, 7) is 4.60. The van der Waals surface area contributed by atoms with Crippen molar-refractivity contribution in [1.82, 2.24) is 9.46 Å². The van der Waals surface area contributed by atoms with E-state index < -0.39 is 10.0 Å². The molecule has 144 valence electrons. The number of aromatic nitrogens is 1. The van der Waals surface area contributed by atoms with Gasteiger partial charge in [0.05, 0.1) is 10.6 Å². The van der Waals surface area contributed by atoms with Crippen molar-refractivity contribution in [3.05, 3.63) is 77.7 Å². The quantitative estimate of drug-likeness (QED) is 0.656. The summed E-state index contributed by atoms with van der Waals surface area (Å²) in [5.41, 5.74) is 4.96. The third-order valence-corrected chi connectivity index (χ3v) is 7.01. The molecule has 0 N–H and O–H groups in total. The second-order valence-corrected chi connectivity index (χ2v) is 8.87. The lowest BCUT2D eigenvalue weighted by Gasteiger charge is -2.26. The van der Waals surface area contributed by atoms with Crippen LogP contribution in [0, 0.1) is 13.8 Å². The number of nitrogens with zero attached hydrogens (tertiary/aromatic N) is 2. The summed E-state index contributed by atoms with van der Waals surface area (Å²) in [5, 5.41) is 3.96. The van der Waals surface area contributed by atoms with E-state index in [1.807, 2.05) is 50.3 Å². The fourth-order valence-corrected chi connectivity index (χ4v) is 5.00. The number of benzene rings is 2. The number of hydrogen-bond donors (Lipinski definition) is 0. The van der Waals surface area contributed by atoms with Crippen LogP contribution in [-0.4, -0.2) is 31.0 Å². The van der Waals surface area contributed by atoms with Crippen LogP contribution in [0.1, 0.15) is 23.4 Å². The molecule has 6 heteroatoms.